The van der Waals surface area contributed by atoms with Gasteiger partial charge in [0, 0.05) is 24.8 Å². The number of likely N-dealkylation sites (tertiary alicyclic amines) is 1. The van der Waals surface area contributed by atoms with Crippen molar-refractivity contribution < 1.29 is 4.79 Å². The maximum atomic E-state index is 12.5. The van der Waals surface area contributed by atoms with Gasteiger partial charge in [0.2, 0.25) is 5.43 Å². The monoisotopic (exact) mass is 368 g/mol. The summed E-state index contributed by atoms with van der Waals surface area (Å²) in [5, 5.41) is 7.15. The Balaban J connectivity index is 1.60. The number of rotatable bonds is 6. The number of piperidine rings is 1. The van der Waals surface area contributed by atoms with Gasteiger partial charge in [0.15, 0.2) is 5.69 Å². The van der Waals surface area contributed by atoms with Crippen molar-refractivity contribution in [2.75, 3.05) is 26.2 Å². The molecule has 1 aromatic carbocycles. The van der Waals surface area contributed by atoms with E-state index in [2.05, 4.69) is 22.2 Å². The first kappa shape index (κ1) is 19.3. The minimum absolute atomic E-state index is 0.0592. The average Bonchev–Trinajstić information content (AvgIpc) is 2.66. The second-order valence-electron chi connectivity index (χ2n) is 7.40. The molecule has 2 aromatic rings. The van der Waals surface area contributed by atoms with E-state index in [0.717, 1.165) is 37.7 Å². The van der Waals surface area contributed by atoms with E-state index in [4.69, 9.17) is 0 Å². The van der Waals surface area contributed by atoms with Crippen molar-refractivity contribution in [3.63, 3.8) is 0 Å². The summed E-state index contributed by atoms with van der Waals surface area (Å²) in [6.07, 6.45) is 3.43. The summed E-state index contributed by atoms with van der Waals surface area (Å²) in [6.45, 7) is 7.89. The smallest absolute Gasteiger partial charge is 0.275 e. The highest BCUT2D eigenvalue weighted by atomic mass is 16.2. The van der Waals surface area contributed by atoms with Crippen molar-refractivity contribution >= 4 is 5.91 Å². The zero-order valence-electron chi connectivity index (χ0n) is 16.1. The zero-order valence-corrected chi connectivity index (χ0v) is 16.1. The molecule has 27 heavy (non-hydrogen) atoms. The SMILES string of the molecule is Cc1cc(=O)c(C(=O)NCCCN2CCC[C@H](C)C2)nn1-c1ccccc1. The van der Waals surface area contributed by atoms with Crippen LogP contribution in [0.1, 0.15) is 42.4 Å². The van der Waals surface area contributed by atoms with Crippen LogP contribution in [0.2, 0.25) is 0 Å². The van der Waals surface area contributed by atoms with Gasteiger partial charge in [-0.15, -0.1) is 0 Å². The van der Waals surface area contributed by atoms with Crippen molar-refractivity contribution in [3.05, 3.63) is 58.0 Å². The lowest BCUT2D eigenvalue weighted by Gasteiger charge is -2.30. The number of amides is 1. The number of benzene rings is 1. The molecule has 2 heterocycles. The Morgan fingerprint density at radius 2 is 2.07 bits per heavy atom. The lowest BCUT2D eigenvalue weighted by Crippen LogP contribution is -2.37. The molecule has 6 nitrogen and oxygen atoms in total. The van der Waals surface area contributed by atoms with Gasteiger partial charge in [0.25, 0.3) is 5.91 Å². The maximum Gasteiger partial charge on any atom is 0.275 e. The fourth-order valence-electron chi connectivity index (χ4n) is 3.61. The Hall–Kier alpha value is -2.47. The summed E-state index contributed by atoms with van der Waals surface area (Å²) in [7, 11) is 0. The van der Waals surface area contributed by atoms with Crippen LogP contribution in [0.15, 0.2) is 41.2 Å². The van der Waals surface area contributed by atoms with Gasteiger partial charge in [-0.2, -0.15) is 5.10 Å². The molecule has 0 saturated carbocycles. The van der Waals surface area contributed by atoms with Gasteiger partial charge in [0.1, 0.15) is 0 Å². The Morgan fingerprint density at radius 3 is 2.81 bits per heavy atom. The normalized spacial score (nSPS) is 17.6. The Bertz CT molecular complexity index is 832. The molecule has 0 unspecified atom stereocenters. The number of hydrogen-bond acceptors (Lipinski definition) is 4. The topological polar surface area (TPSA) is 67.2 Å². The summed E-state index contributed by atoms with van der Waals surface area (Å²) < 4.78 is 1.63. The van der Waals surface area contributed by atoms with Crippen molar-refractivity contribution in [3.8, 4) is 5.69 Å². The van der Waals surface area contributed by atoms with Crippen LogP contribution >= 0.6 is 0 Å². The van der Waals surface area contributed by atoms with Gasteiger partial charge >= 0.3 is 0 Å². The first-order chi connectivity index (χ1) is 13.0. The van der Waals surface area contributed by atoms with Gasteiger partial charge in [0.05, 0.1) is 5.69 Å². The van der Waals surface area contributed by atoms with Crippen LogP contribution in [-0.2, 0) is 0 Å². The van der Waals surface area contributed by atoms with Gasteiger partial charge in [-0.3, -0.25) is 9.59 Å². The van der Waals surface area contributed by atoms with Crippen molar-refractivity contribution in [2.45, 2.75) is 33.1 Å². The van der Waals surface area contributed by atoms with Crippen molar-refractivity contribution in [2.24, 2.45) is 5.92 Å². The zero-order chi connectivity index (χ0) is 19.2. The molecular weight excluding hydrogens is 340 g/mol. The molecule has 1 fully saturated rings. The Morgan fingerprint density at radius 1 is 1.30 bits per heavy atom. The number of carbonyl (C=O) groups is 1. The second-order valence-corrected chi connectivity index (χ2v) is 7.40. The van der Waals surface area contributed by atoms with E-state index in [1.54, 1.807) is 4.68 Å². The summed E-state index contributed by atoms with van der Waals surface area (Å²) in [6, 6.07) is 11.0. The lowest BCUT2D eigenvalue weighted by molar-refractivity contribution is 0.0942. The third kappa shape index (κ3) is 5.04. The number of aromatic nitrogens is 2. The molecular formula is C21H28N4O2. The summed E-state index contributed by atoms with van der Waals surface area (Å²) >= 11 is 0. The predicted octanol–water partition coefficient (Wildman–Crippen LogP) is 2.39. The molecule has 1 saturated heterocycles. The molecule has 3 rings (SSSR count). The summed E-state index contributed by atoms with van der Waals surface area (Å²) in [5.41, 5.74) is 1.11. The predicted molar refractivity (Wildman–Crippen MR) is 106 cm³/mol. The quantitative estimate of drug-likeness (QED) is 0.795. The molecule has 1 aliphatic heterocycles. The maximum absolute atomic E-state index is 12.5. The van der Waals surface area contributed by atoms with Crippen LogP contribution in [0, 0.1) is 12.8 Å². The molecule has 1 amide bonds. The Kier molecular flexibility index (Phi) is 6.40. The first-order valence-corrected chi connectivity index (χ1v) is 9.71. The van der Waals surface area contributed by atoms with E-state index in [1.165, 1.54) is 18.9 Å². The fraction of sp³-hybridized carbons (Fsp3) is 0.476. The largest absolute Gasteiger partial charge is 0.350 e. The molecule has 1 aliphatic rings. The molecule has 144 valence electrons. The molecule has 1 aromatic heterocycles. The standard InChI is InChI=1S/C21H28N4O2/c1-16-8-6-12-24(15-16)13-7-11-22-21(27)20-19(26)14-17(2)25(23-20)18-9-4-3-5-10-18/h3-5,9-10,14,16H,6-8,11-13,15H2,1-2H3,(H,22,27)/t16-/m0/s1. The lowest BCUT2D eigenvalue weighted by atomic mass is 10.0. The minimum Gasteiger partial charge on any atom is -0.350 e. The highest BCUT2D eigenvalue weighted by molar-refractivity contribution is 5.92. The van der Waals surface area contributed by atoms with E-state index in [-0.39, 0.29) is 11.1 Å². The van der Waals surface area contributed by atoms with Crippen LogP contribution in [0.5, 0.6) is 0 Å². The van der Waals surface area contributed by atoms with Gasteiger partial charge in [-0.25, -0.2) is 4.68 Å². The van der Waals surface area contributed by atoms with E-state index in [9.17, 15) is 9.59 Å². The minimum atomic E-state index is -0.406. The van der Waals surface area contributed by atoms with Crippen LogP contribution in [0.4, 0.5) is 0 Å². The van der Waals surface area contributed by atoms with Gasteiger partial charge in [-0.05, 0) is 57.3 Å². The third-order valence-corrected chi connectivity index (χ3v) is 5.00. The van der Waals surface area contributed by atoms with Crippen molar-refractivity contribution in [1.29, 1.82) is 0 Å². The molecule has 0 radical (unpaired) electrons. The Labute approximate surface area is 160 Å². The third-order valence-electron chi connectivity index (χ3n) is 5.00. The van der Waals surface area contributed by atoms with Crippen molar-refractivity contribution in [1.82, 2.24) is 20.0 Å². The summed E-state index contributed by atoms with van der Waals surface area (Å²) in [5.74, 6) is 0.346. The second kappa shape index (κ2) is 8.95. The fourth-order valence-corrected chi connectivity index (χ4v) is 3.61. The molecule has 0 spiro atoms. The molecule has 6 heteroatoms. The number of nitrogens with one attached hydrogen (secondary N) is 1. The van der Waals surface area contributed by atoms with Crippen LogP contribution in [0.3, 0.4) is 0 Å². The van der Waals surface area contributed by atoms with Crippen LogP contribution in [-0.4, -0.2) is 46.8 Å². The molecule has 1 atom stereocenters. The van der Waals surface area contributed by atoms with E-state index in [0.29, 0.717) is 12.2 Å². The van der Waals surface area contributed by atoms with Crippen LogP contribution < -0.4 is 10.7 Å². The van der Waals surface area contributed by atoms with E-state index < -0.39 is 5.91 Å². The number of para-hydroxylation sites is 1. The highest BCUT2D eigenvalue weighted by Crippen LogP contribution is 2.15. The van der Waals surface area contributed by atoms with E-state index in [1.807, 2.05) is 37.3 Å². The number of aryl methyl sites for hydroxylation is 1. The first-order valence-electron chi connectivity index (χ1n) is 9.71. The average molecular weight is 368 g/mol. The van der Waals surface area contributed by atoms with E-state index >= 15 is 0 Å². The summed E-state index contributed by atoms with van der Waals surface area (Å²) in [4.78, 5) is 27.2. The number of nitrogens with zero attached hydrogens (tertiary/aromatic N) is 3. The molecule has 0 aliphatic carbocycles. The highest BCUT2D eigenvalue weighted by Gasteiger charge is 2.17. The van der Waals surface area contributed by atoms with Gasteiger partial charge in [-0.1, -0.05) is 25.1 Å². The number of hydrogen-bond donors (Lipinski definition) is 1. The van der Waals surface area contributed by atoms with Gasteiger partial charge < -0.3 is 10.2 Å². The molecule has 0 bridgehead atoms. The van der Waals surface area contributed by atoms with Crippen LogP contribution in [0.25, 0.3) is 5.69 Å². The molecule has 1 N–H and O–H groups in total. The number of carbonyl (C=O) groups excluding carboxylic acids is 1.